The summed E-state index contributed by atoms with van der Waals surface area (Å²) in [7, 11) is 0. The van der Waals surface area contributed by atoms with E-state index >= 15 is 0 Å². The van der Waals surface area contributed by atoms with Gasteiger partial charge in [-0.05, 0) is 73.1 Å². The van der Waals surface area contributed by atoms with Gasteiger partial charge in [0.2, 0.25) is 5.91 Å². The summed E-state index contributed by atoms with van der Waals surface area (Å²) in [5.74, 6) is -2.19. The van der Waals surface area contributed by atoms with E-state index in [1.807, 2.05) is 4.90 Å². The molecule has 1 saturated heterocycles. The fraction of sp³-hybridized carbons (Fsp3) is 0.481. The number of rotatable bonds is 4. The van der Waals surface area contributed by atoms with Crippen molar-refractivity contribution in [2.24, 2.45) is 0 Å². The van der Waals surface area contributed by atoms with Crippen LogP contribution in [-0.2, 0) is 15.0 Å². The molecule has 1 atom stereocenters. The molecular formula is C27H30F3N3O4. The summed E-state index contributed by atoms with van der Waals surface area (Å²) in [4.78, 5) is 40.3. The van der Waals surface area contributed by atoms with Gasteiger partial charge in [-0.1, -0.05) is 24.3 Å². The third kappa shape index (κ3) is 6.11. The minimum absolute atomic E-state index is 0.0903. The van der Waals surface area contributed by atoms with Gasteiger partial charge in [-0.3, -0.25) is 14.6 Å². The Kier molecular flexibility index (Phi) is 7.85. The Hall–Kier alpha value is -3.43. The van der Waals surface area contributed by atoms with Crippen LogP contribution in [0.3, 0.4) is 0 Å². The average Bonchev–Trinajstić information content (AvgIpc) is 3.14. The van der Waals surface area contributed by atoms with E-state index in [4.69, 9.17) is 9.90 Å². The summed E-state index contributed by atoms with van der Waals surface area (Å²) in [6.07, 6.45) is 5.25. The van der Waals surface area contributed by atoms with Gasteiger partial charge in [0.05, 0.1) is 0 Å². The first kappa shape index (κ1) is 26.6. The minimum atomic E-state index is -5.08. The number of likely N-dealkylation sites (tertiary alicyclic amines) is 1. The third-order valence-corrected chi connectivity index (χ3v) is 7.69. The zero-order valence-corrected chi connectivity index (χ0v) is 20.3. The van der Waals surface area contributed by atoms with Crippen LogP contribution >= 0.6 is 0 Å². The van der Waals surface area contributed by atoms with Crippen LogP contribution in [0.25, 0.3) is 0 Å². The van der Waals surface area contributed by atoms with Crippen molar-refractivity contribution in [3.05, 3.63) is 65.5 Å². The van der Waals surface area contributed by atoms with E-state index in [2.05, 4.69) is 34.6 Å². The van der Waals surface area contributed by atoms with E-state index < -0.39 is 12.1 Å². The molecule has 198 valence electrons. The molecule has 37 heavy (non-hydrogen) atoms. The van der Waals surface area contributed by atoms with Crippen LogP contribution in [0.5, 0.6) is 0 Å². The number of hydrogen-bond acceptors (Lipinski definition) is 4. The second-order valence-corrected chi connectivity index (χ2v) is 10.00. The van der Waals surface area contributed by atoms with Crippen molar-refractivity contribution in [3.8, 4) is 0 Å². The highest BCUT2D eigenvalue weighted by Crippen LogP contribution is 2.52. The highest BCUT2D eigenvalue weighted by atomic mass is 19.4. The third-order valence-electron chi connectivity index (χ3n) is 7.69. The van der Waals surface area contributed by atoms with Crippen molar-refractivity contribution >= 4 is 17.8 Å². The molecule has 2 heterocycles. The molecule has 1 saturated carbocycles. The minimum Gasteiger partial charge on any atom is -0.475 e. The largest absolute Gasteiger partial charge is 0.490 e. The molecule has 0 bridgehead atoms. The van der Waals surface area contributed by atoms with Crippen LogP contribution in [0.2, 0.25) is 0 Å². The molecule has 2 aliphatic carbocycles. The van der Waals surface area contributed by atoms with Gasteiger partial charge in [0.1, 0.15) is 0 Å². The van der Waals surface area contributed by atoms with Crippen molar-refractivity contribution in [3.63, 3.8) is 0 Å². The van der Waals surface area contributed by atoms with Gasteiger partial charge in [-0.25, -0.2) is 4.79 Å². The summed E-state index contributed by atoms with van der Waals surface area (Å²) in [6.45, 7) is 1.52. The summed E-state index contributed by atoms with van der Waals surface area (Å²) in [5, 5.41) is 10.3. The first-order chi connectivity index (χ1) is 17.6. The Bertz CT molecular complexity index is 1130. The van der Waals surface area contributed by atoms with Gasteiger partial charge in [-0.15, -0.1) is 0 Å². The number of aliphatic carboxylic acids is 1. The van der Waals surface area contributed by atoms with Crippen LogP contribution in [0.15, 0.2) is 48.8 Å². The number of aromatic nitrogens is 1. The predicted octanol–water partition coefficient (Wildman–Crippen LogP) is 4.44. The van der Waals surface area contributed by atoms with E-state index in [1.54, 1.807) is 24.5 Å². The molecule has 1 spiro atoms. The molecule has 3 aliphatic rings. The topological polar surface area (TPSA) is 99.6 Å². The first-order valence-electron chi connectivity index (χ1n) is 12.5. The normalized spacial score (nSPS) is 20.3. The molecule has 2 N–H and O–H groups in total. The number of fused-ring (bicyclic) bond motifs is 2. The molecule has 1 aromatic heterocycles. The Balaban J connectivity index is 0.000000405. The molecular weight excluding hydrogens is 487 g/mol. The van der Waals surface area contributed by atoms with E-state index in [1.165, 1.54) is 17.5 Å². The van der Waals surface area contributed by atoms with Gasteiger partial charge in [0, 0.05) is 43.5 Å². The number of amides is 2. The lowest BCUT2D eigenvalue weighted by Crippen LogP contribution is -2.44. The molecule has 2 amide bonds. The number of benzene rings is 1. The Morgan fingerprint density at radius 2 is 1.68 bits per heavy atom. The van der Waals surface area contributed by atoms with E-state index in [0.29, 0.717) is 18.0 Å². The fourth-order valence-electron chi connectivity index (χ4n) is 5.56. The van der Waals surface area contributed by atoms with Crippen molar-refractivity contribution in [2.75, 3.05) is 13.1 Å². The standard InChI is InChI=1S/C25H29N3O2.C2HF3O2/c29-23(27-20-4-3-5-20)16-19-17-25(22-7-2-1-6-21(19)22)10-14-28(15-11-25)24(30)18-8-12-26-13-9-18;3-2(4,5)1(6)7/h1-2,6-9,12-13,19-20H,3-5,10-11,14-17H2,(H,27,29);(H,6,7). The number of piperidine rings is 1. The van der Waals surface area contributed by atoms with Gasteiger partial charge in [0.25, 0.3) is 5.91 Å². The number of nitrogens with one attached hydrogen (secondary N) is 1. The fourth-order valence-corrected chi connectivity index (χ4v) is 5.56. The molecule has 7 nitrogen and oxygen atoms in total. The van der Waals surface area contributed by atoms with Gasteiger partial charge >= 0.3 is 12.1 Å². The van der Waals surface area contributed by atoms with Crippen LogP contribution in [-0.4, -0.2) is 58.1 Å². The second kappa shape index (κ2) is 10.9. The number of carboxylic acids is 1. The maximum atomic E-state index is 12.8. The number of alkyl halides is 3. The summed E-state index contributed by atoms with van der Waals surface area (Å²) in [6, 6.07) is 12.6. The number of carbonyl (C=O) groups is 3. The zero-order valence-electron chi connectivity index (χ0n) is 20.3. The van der Waals surface area contributed by atoms with Crippen LogP contribution in [0.4, 0.5) is 13.2 Å². The summed E-state index contributed by atoms with van der Waals surface area (Å²) < 4.78 is 31.7. The number of nitrogens with zero attached hydrogens (tertiary/aromatic N) is 2. The van der Waals surface area contributed by atoms with Crippen molar-refractivity contribution in [2.45, 2.75) is 68.5 Å². The van der Waals surface area contributed by atoms with E-state index in [-0.39, 0.29) is 23.1 Å². The van der Waals surface area contributed by atoms with Crippen LogP contribution in [0.1, 0.15) is 72.3 Å². The number of carbonyl (C=O) groups excluding carboxylic acids is 2. The molecule has 2 aromatic rings. The SMILES string of the molecule is O=C(CC1CC2(CCN(C(=O)c3ccncc3)CC2)c2ccccc21)NC1CCC1.O=C(O)C(F)(F)F. The van der Waals surface area contributed by atoms with Gasteiger partial charge in [-0.2, -0.15) is 13.2 Å². The second-order valence-electron chi connectivity index (χ2n) is 10.00. The van der Waals surface area contributed by atoms with Crippen molar-refractivity contribution in [1.29, 1.82) is 0 Å². The summed E-state index contributed by atoms with van der Waals surface area (Å²) in [5.41, 5.74) is 3.54. The lowest BCUT2D eigenvalue weighted by Gasteiger charge is -2.40. The monoisotopic (exact) mass is 517 g/mol. The molecule has 2 fully saturated rings. The van der Waals surface area contributed by atoms with Gasteiger partial charge in [0.15, 0.2) is 0 Å². The lowest BCUT2D eigenvalue weighted by atomic mass is 9.73. The number of halogens is 3. The highest BCUT2D eigenvalue weighted by Gasteiger charge is 2.46. The maximum absolute atomic E-state index is 12.8. The molecule has 5 rings (SSSR count). The van der Waals surface area contributed by atoms with Gasteiger partial charge < -0.3 is 15.3 Å². The van der Waals surface area contributed by atoms with Crippen LogP contribution < -0.4 is 5.32 Å². The number of pyridine rings is 1. The Morgan fingerprint density at radius 3 is 2.24 bits per heavy atom. The van der Waals surface area contributed by atoms with Crippen molar-refractivity contribution in [1.82, 2.24) is 15.2 Å². The molecule has 1 aliphatic heterocycles. The maximum Gasteiger partial charge on any atom is 0.490 e. The average molecular weight is 518 g/mol. The molecule has 1 aromatic carbocycles. The van der Waals surface area contributed by atoms with Crippen LogP contribution in [0, 0.1) is 0 Å². The van der Waals surface area contributed by atoms with E-state index in [0.717, 1.165) is 45.2 Å². The lowest BCUT2D eigenvalue weighted by molar-refractivity contribution is -0.192. The predicted molar refractivity (Wildman–Crippen MR) is 129 cm³/mol. The first-order valence-corrected chi connectivity index (χ1v) is 12.5. The summed E-state index contributed by atoms with van der Waals surface area (Å²) >= 11 is 0. The zero-order chi connectivity index (χ0) is 26.6. The smallest absolute Gasteiger partial charge is 0.475 e. The molecule has 0 radical (unpaired) electrons. The Morgan fingerprint density at radius 1 is 1.05 bits per heavy atom. The van der Waals surface area contributed by atoms with Crippen molar-refractivity contribution < 1.29 is 32.7 Å². The quantitative estimate of drug-likeness (QED) is 0.625. The highest BCUT2D eigenvalue weighted by molar-refractivity contribution is 5.94. The number of hydrogen-bond donors (Lipinski definition) is 2. The Labute approximate surface area is 213 Å². The molecule has 1 unspecified atom stereocenters. The molecule has 10 heteroatoms. The van der Waals surface area contributed by atoms with E-state index in [9.17, 15) is 22.8 Å². The number of carboxylic acid groups (broad SMARTS) is 1.